The molecule has 0 radical (unpaired) electrons. The number of nitrogens with two attached hydrogens (primary N) is 1. The summed E-state index contributed by atoms with van der Waals surface area (Å²) in [6.45, 7) is 1.31. The summed E-state index contributed by atoms with van der Waals surface area (Å²) in [5.41, 5.74) is 4.11. The van der Waals surface area contributed by atoms with Gasteiger partial charge in [-0.2, -0.15) is 0 Å². The van der Waals surface area contributed by atoms with Crippen LogP contribution in [0.1, 0.15) is 64.7 Å². The van der Waals surface area contributed by atoms with E-state index in [-0.39, 0.29) is 30.4 Å². The lowest BCUT2D eigenvalue weighted by Gasteiger charge is -2.28. The number of nitrogens with one attached hydrogen (secondary N) is 1. The van der Waals surface area contributed by atoms with Gasteiger partial charge in [-0.1, -0.05) is 19.3 Å². The van der Waals surface area contributed by atoms with Crippen molar-refractivity contribution in [2.24, 2.45) is 17.1 Å². The van der Waals surface area contributed by atoms with Crippen LogP contribution in [0.2, 0.25) is 0 Å². The maximum Gasteiger partial charge on any atom is 0.285 e. The number of amides is 2. The summed E-state index contributed by atoms with van der Waals surface area (Å²) in [4.78, 5) is 47.9. The molecule has 0 bridgehead atoms. The fourth-order valence-electron chi connectivity index (χ4n) is 4.33. The van der Waals surface area contributed by atoms with Gasteiger partial charge in [-0.3, -0.25) is 19.2 Å². The number of alkyl halides is 1. The van der Waals surface area contributed by atoms with E-state index in [1.165, 1.54) is 6.92 Å². The number of hydrogen-bond donors (Lipinski definition) is 2. The molecule has 7 heteroatoms. The van der Waals surface area contributed by atoms with E-state index in [1.54, 1.807) is 0 Å². The maximum absolute atomic E-state index is 13.9. The Bertz CT molecular complexity index is 557. The SMILES string of the molecule is CC(=O)N[C@@H](CC1CCCC1F)C(=O)CC1(C(=O)C(N)=O)CCCC1. The maximum atomic E-state index is 13.9. The van der Waals surface area contributed by atoms with E-state index in [9.17, 15) is 23.6 Å². The summed E-state index contributed by atoms with van der Waals surface area (Å²) in [6, 6.07) is -0.822. The van der Waals surface area contributed by atoms with Gasteiger partial charge in [0.15, 0.2) is 5.78 Å². The third-order valence-corrected chi connectivity index (χ3v) is 5.65. The molecule has 2 amide bonds. The zero-order chi connectivity index (χ0) is 18.6. The van der Waals surface area contributed by atoms with Crippen LogP contribution in [0.3, 0.4) is 0 Å². The zero-order valence-electron chi connectivity index (χ0n) is 14.7. The Morgan fingerprint density at radius 2 is 1.80 bits per heavy atom. The number of rotatable bonds is 8. The molecule has 2 rings (SSSR count). The molecular weight excluding hydrogens is 327 g/mol. The Hall–Kier alpha value is -1.79. The molecule has 2 fully saturated rings. The van der Waals surface area contributed by atoms with Crippen LogP contribution in [-0.4, -0.2) is 35.6 Å². The van der Waals surface area contributed by atoms with Gasteiger partial charge in [0.1, 0.15) is 6.17 Å². The summed E-state index contributed by atoms with van der Waals surface area (Å²) in [7, 11) is 0. The van der Waals surface area contributed by atoms with Gasteiger partial charge in [-0.05, 0) is 38.0 Å². The van der Waals surface area contributed by atoms with E-state index in [4.69, 9.17) is 5.73 Å². The minimum Gasteiger partial charge on any atom is -0.363 e. The van der Waals surface area contributed by atoms with E-state index >= 15 is 0 Å². The van der Waals surface area contributed by atoms with Crippen molar-refractivity contribution in [3.63, 3.8) is 0 Å². The minimum atomic E-state index is -1.05. The van der Waals surface area contributed by atoms with Crippen LogP contribution in [0.4, 0.5) is 4.39 Å². The zero-order valence-corrected chi connectivity index (χ0v) is 14.7. The quantitative estimate of drug-likeness (QED) is 0.646. The van der Waals surface area contributed by atoms with Crippen LogP contribution in [0.5, 0.6) is 0 Å². The van der Waals surface area contributed by atoms with Gasteiger partial charge in [-0.15, -0.1) is 0 Å². The van der Waals surface area contributed by atoms with Crippen molar-refractivity contribution in [1.29, 1.82) is 0 Å². The van der Waals surface area contributed by atoms with Crippen molar-refractivity contribution in [2.75, 3.05) is 0 Å². The van der Waals surface area contributed by atoms with Gasteiger partial charge in [0.2, 0.25) is 11.7 Å². The smallest absolute Gasteiger partial charge is 0.285 e. The number of Topliss-reactive ketones (excluding diaryl/α,β-unsaturated/α-hetero) is 2. The molecule has 25 heavy (non-hydrogen) atoms. The Morgan fingerprint density at radius 3 is 2.28 bits per heavy atom. The van der Waals surface area contributed by atoms with E-state index < -0.39 is 29.3 Å². The Balaban J connectivity index is 2.12. The highest BCUT2D eigenvalue weighted by atomic mass is 19.1. The molecule has 3 atom stereocenters. The summed E-state index contributed by atoms with van der Waals surface area (Å²) < 4.78 is 13.9. The van der Waals surface area contributed by atoms with Gasteiger partial charge in [-0.25, -0.2) is 4.39 Å². The summed E-state index contributed by atoms with van der Waals surface area (Å²) in [6.07, 6.45) is 3.51. The van der Waals surface area contributed by atoms with Gasteiger partial charge in [0, 0.05) is 18.8 Å². The number of carbonyl (C=O) groups excluding carboxylic acids is 4. The largest absolute Gasteiger partial charge is 0.363 e. The van der Waals surface area contributed by atoms with Crippen molar-refractivity contribution >= 4 is 23.4 Å². The molecule has 2 aliphatic carbocycles. The molecular formula is C18H27FN2O4. The molecule has 0 aromatic carbocycles. The van der Waals surface area contributed by atoms with Crippen LogP contribution in [0.25, 0.3) is 0 Å². The molecule has 0 spiro atoms. The van der Waals surface area contributed by atoms with Crippen LogP contribution >= 0.6 is 0 Å². The summed E-state index contributed by atoms with van der Waals surface area (Å²) >= 11 is 0. The fourth-order valence-corrected chi connectivity index (χ4v) is 4.33. The van der Waals surface area contributed by atoms with Gasteiger partial charge in [0.05, 0.1) is 6.04 Å². The monoisotopic (exact) mass is 354 g/mol. The van der Waals surface area contributed by atoms with Crippen molar-refractivity contribution < 1.29 is 23.6 Å². The molecule has 0 aromatic heterocycles. The predicted molar refractivity (Wildman–Crippen MR) is 89.2 cm³/mol. The number of halogens is 1. The molecule has 0 heterocycles. The first-order valence-electron chi connectivity index (χ1n) is 9.03. The lowest BCUT2D eigenvalue weighted by atomic mass is 9.75. The number of carbonyl (C=O) groups is 4. The summed E-state index contributed by atoms with van der Waals surface area (Å²) in [5, 5.41) is 2.60. The highest BCUT2D eigenvalue weighted by molar-refractivity contribution is 6.38. The minimum absolute atomic E-state index is 0.122. The lowest BCUT2D eigenvalue weighted by molar-refractivity contribution is -0.144. The van der Waals surface area contributed by atoms with Crippen molar-refractivity contribution in [2.45, 2.75) is 76.9 Å². The third-order valence-electron chi connectivity index (χ3n) is 5.65. The number of hydrogen-bond acceptors (Lipinski definition) is 4. The summed E-state index contributed by atoms with van der Waals surface area (Å²) in [5.74, 6) is -2.67. The van der Waals surface area contributed by atoms with Gasteiger partial charge in [0.25, 0.3) is 5.91 Å². The highest BCUT2D eigenvalue weighted by Crippen LogP contribution is 2.43. The van der Waals surface area contributed by atoms with E-state index in [0.717, 1.165) is 19.3 Å². The van der Waals surface area contributed by atoms with E-state index in [2.05, 4.69) is 5.32 Å². The first-order chi connectivity index (χ1) is 11.7. The standard InChI is InChI=1S/C18H27FN2O4/c1-11(22)21-14(9-12-5-4-6-13(12)19)15(23)10-18(7-2-3-8-18)16(24)17(20)25/h12-14H,2-10H2,1H3,(H2,20,25)(H,21,22)/t12?,13?,14-/m0/s1. The average molecular weight is 354 g/mol. The second kappa shape index (κ2) is 8.06. The molecule has 0 saturated heterocycles. The molecule has 6 nitrogen and oxygen atoms in total. The average Bonchev–Trinajstić information content (AvgIpc) is 3.16. The van der Waals surface area contributed by atoms with Crippen LogP contribution in [0.15, 0.2) is 0 Å². The lowest BCUT2D eigenvalue weighted by Crippen LogP contribution is -2.46. The van der Waals surface area contributed by atoms with E-state index in [0.29, 0.717) is 25.7 Å². The second-order valence-corrected chi connectivity index (χ2v) is 7.52. The highest BCUT2D eigenvalue weighted by Gasteiger charge is 2.46. The van der Waals surface area contributed by atoms with Crippen LogP contribution in [0, 0.1) is 11.3 Å². The first kappa shape index (κ1) is 19.5. The molecule has 140 valence electrons. The Morgan fingerprint density at radius 1 is 1.16 bits per heavy atom. The van der Waals surface area contributed by atoms with E-state index in [1.807, 2.05) is 0 Å². The normalized spacial score (nSPS) is 26.2. The van der Waals surface area contributed by atoms with Crippen molar-refractivity contribution in [3.8, 4) is 0 Å². The Kier molecular flexibility index (Phi) is 6.30. The van der Waals surface area contributed by atoms with Crippen molar-refractivity contribution in [1.82, 2.24) is 5.32 Å². The van der Waals surface area contributed by atoms with Gasteiger partial charge < -0.3 is 11.1 Å². The van der Waals surface area contributed by atoms with Crippen molar-refractivity contribution in [3.05, 3.63) is 0 Å². The van der Waals surface area contributed by atoms with Crippen LogP contribution < -0.4 is 11.1 Å². The Labute approximate surface area is 147 Å². The van der Waals surface area contributed by atoms with Gasteiger partial charge >= 0.3 is 0 Å². The fraction of sp³-hybridized carbons (Fsp3) is 0.778. The number of primary amides is 1. The molecule has 3 N–H and O–H groups in total. The third kappa shape index (κ3) is 4.64. The van der Waals surface area contributed by atoms with Crippen LogP contribution in [-0.2, 0) is 19.2 Å². The topological polar surface area (TPSA) is 106 Å². The molecule has 2 unspecified atom stereocenters. The molecule has 0 aliphatic heterocycles. The number of ketones is 2. The first-order valence-corrected chi connectivity index (χ1v) is 9.03. The molecule has 0 aromatic rings. The molecule has 2 aliphatic rings. The molecule has 2 saturated carbocycles. The predicted octanol–water partition coefficient (Wildman–Crippen LogP) is 1.59. The second-order valence-electron chi connectivity index (χ2n) is 7.52.